The number of halogens is 1. The molecule has 0 bridgehead atoms. The molecule has 0 saturated heterocycles. The molecule has 0 heterocycles. The minimum absolute atomic E-state index is 0.00742. The molecule has 0 radical (unpaired) electrons. The van der Waals surface area contributed by atoms with Gasteiger partial charge in [-0.1, -0.05) is 34.1 Å². The zero-order valence-electron chi connectivity index (χ0n) is 14.6. The molecule has 0 spiro atoms. The van der Waals surface area contributed by atoms with Crippen LogP contribution in [0.2, 0.25) is 0 Å². The maximum atomic E-state index is 12.2. The molecule has 0 aliphatic carbocycles. The number of ether oxygens (including phenoxy) is 1. The van der Waals surface area contributed by atoms with E-state index >= 15 is 0 Å². The minimum Gasteiger partial charge on any atom is -0.465 e. The zero-order valence-corrected chi connectivity index (χ0v) is 17.0. The van der Waals surface area contributed by atoms with E-state index in [9.17, 15) is 18.0 Å². The average molecular weight is 455 g/mol. The molecular weight excluding hydrogens is 436 g/mol. The Bertz CT molecular complexity index is 914. The first-order chi connectivity index (χ1) is 12.8. The van der Waals surface area contributed by atoms with E-state index in [1.54, 1.807) is 36.4 Å². The number of amides is 1. The van der Waals surface area contributed by atoms with Gasteiger partial charge < -0.3 is 10.1 Å². The Kier molecular flexibility index (Phi) is 7.52. The number of sulfonamides is 1. The lowest BCUT2D eigenvalue weighted by molar-refractivity contribution is -0.121. The number of hydrogen-bond donors (Lipinski definition) is 2. The van der Waals surface area contributed by atoms with Crippen LogP contribution in [0.25, 0.3) is 0 Å². The normalized spacial score (nSPS) is 11.0. The van der Waals surface area contributed by atoms with Crippen LogP contribution in [0.15, 0.2) is 57.9 Å². The summed E-state index contributed by atoms with van der Waals surface area (Å²) in [6.45, 7) is 0.265. The number of rotatable bonds is 8. The van der Waals surface area contributed by atoms with Gasteiger partial charge in [0.25, 0.3) is 0 Å². The molecule has 2 aromatic rings. The number of benzene rings is 2. The summed E-state index contributed by atoms with van der Waals surface area (Å²) in [5, 5.41) is 2.70. The van der Waals surface area contributed by atoms with Crippen molar-refractivity contribution in [3.8, 4) is 0 Å². The van der Waals surface area contributed by atoms with Crippen LogP contribution in [0.5, 0.6) is 0 Å². The van der Waals surface area contributed by atoms with E-state index < -0.39 is 16.0 Å². The minimum atomic E-state index is -3.66. The standard InChI is InChI=1S/C18H19BrN2O5S/c1-26-18(23)14-7-5-13(6-8-14)12-20-17(22)9-10-21-27(24,25)16-4-2-3-15(19)11-16/h2-8,11,21H,9-10,12H2,1H3,(H,20,22). The Morgan fingerprint density at radius 2 is 1.81 bits per heavy atom. The van der Waals surface area contributed by atoms with Crippen molar-refractivity contribution in [2.75, 3.05) is 13.7 Å². The van der Waals surface area contributed by atoms with E-state index in [1.165, 1.54) is 19.2 Å². The summed E-state index contributed by atoms with van der Waals surface area (Å²) in [5.74, 6) is -0.715. The third-order valence-corrected chi connectivity index (χ3v) is 5.57. The van der Waals surface area contributed by atoms with Gasteiger partial charge in [0.15, 0.2) is 0 Å². The molecule has 144 valence electrons. The van der Waals surface area contributed by atoms with Crippen LogP contribution < -0.4 is 10.0 Å². The third-order valence-electron chi connectivity index (χ3n) is 3.62. The van der Waals surface area contributed by atoms with Gasteiger partial charge in [-0.2, -0.15) is 0 Å². The van der Waals surface area contributed by atoms with Gasteiger partial charge in [-0.15, -0.1) is 0 Å². The highest BCUT2D eigenvalue weighted by Crippen LogP contribution is 2.15. The molecule has 0 saturated carbocycles. The topological polar surface area (TPSA) is 102 Å². The molecule has 2 rings (SSSR count). The van der Waals surface area contributed by atoms with Gasteiger partial charge in [0, 0.05) is 24.0 Å². The molecule has 0 aliphatic heterocycles. The summed E-state index contributed by atoms with van der Waals surface area (Å²) in [6.07, 6.45) is 0.00742. The Morgan fingerprint density at radius 1 is 1.11 bits per heavy atom. The Morgan fingerprint density at radius 3 is 2.44 bits per heavy atom. The van der Waals surface area contributed by atoms with E-state index in [0.29, 0.717) is 10.0 Å². The zero-order chi connectivity index (χ0) is 19.9. The van der Waals surface area contributed by atoms with Crippen LogP contribution >= 0.6 is 15.9 Å². The fourth-order valence-corrected chi connectivity index (χ4v) is 3.81. The fraction of sp³-hybridized carbons (Fsp3) is 0.222. The highest BCUT2D eigenvalue weighted by Gasteiger charge is 2.14. The van der Waals surface area contributed by atoms with Crippen LogP contribution in [-0.4, -0.2) is 33.9 Å². The van der Waals surface area contributed by atoms with Crippen molar-refractivity contribution in [1.82, 2.24) is 10.0 Å². The highest BCUT2D eigenvalue weighted by atomic mass is 79.9. The number of carbonyl (C=O) groups excluding carboxylic acids is 2. The number of hydrogen-bond acceptors (Lipinski definition) is 5. The van der Waals surface area contributed by atoms with Crippen LogP contribution in [0.1, 0.15) is 22.3 Å². The van der Waals surface area contributed by atoms with Crippen LogP contribution in [0.4, 0.5) is 0 Å². The molecule has 7 nitrogen and oxygen atoms in total. The van der Waals surface area contributed by atoms with E-state index in [0.717, 1.165) is 5.56 Å². The number of nitrogens with one attached hydrogen (secondary N) is 2. The Labute approximate surface area is 166 Å². The van der Waals surface area contributed by atoms with E-state index in [-0.39, 0.29) is 30.3 Å². The molecule has 1 amide bonds. The van der Waals surface area contributed by atoms with Crippen LogP contribution in [-0.2, 0) is 26.1 Å². The summed E-state index contributed by atoms with van der Waals surface area (Å²) in [5.41, 5.74) is 1.24. The predicted octanol–water partition coefficient (Wildman–Crippen LogP) is 2.22. The van der Waals surface area contributed by atoms with Crippen molar-refractivity contribution in [3.05, 3.63) is 64.1 Å². The molecule has 0 aromatic heterocycles. The van der Waals surface area contributed by atoms with Crippen molar-refractivity contribution in [1.29, 1.82) is 0 Å². The van der Waals surface area contributed by atoms with E-state index in [4.69, 9.17) is 0 Å². The van der Waals surface area contributed by atoms with Gasteiger partial charge in [-0.25, -0.2) is 17.9 Å². The van der Waals surface area contributed by atoms with Gasteiger partial charge in [0.05, 0.1) is 17.6 Å². The van der Waals surface area contributed by atoms with Crippen LogP contribution in [0, 0.1) is 0 Å². The molecule has 2 aromatic carbocycles. The maximum Gasteiger partial charge on any atom is 0.337 e. The second-order valence-electron chi connectivity index (χ2n) is 5.57. The number of carbonyl (C=O) groups is 2. The summed E-state index contributed by atoms with van der Waals surface area (Å²) in [4.78, 5) is 23.4. The summed E-state index contributed by atoms with van der Waals surface area (Å²) in [6, 6.07) is 13.0. The van der Waals surface area contributed by atoms with Gasteiger partial charge >= 0.3 is 5.97 Å². The molecule has 0 unspecified atom stereocenters. The SMILES string of the molecule is COC(=O)c1ccc(CNC(=O)CCNS(=O)(=O)c2cccc(Br)c2)cc1. The van der Waals surface area contributed by atoms with Gasteiger partial charge in [0.2, 0.25) is 15.9 Å². The predicted molar refractivity (Wildman–Crippen MR) is 104 cm³/mol. The lowest BCUT2D eigenvalue weighted by Crippen LogP contribution is -2.30. The van der Waals surface area contributed by atoms with Gasteiger partial charge in [-0.3, -0.25) is 4.79 Å². The van der Waals surface area contributed by atoms with Gasteiger partial charge in [0.1, 0.15) is 0 Å². The summed E-state index contributed by atoms with van der Waals surface area (Å²) >= 11 is 3.22. The molecule has 0 aliphatic rings. The largest absolute Gasteiger partial charge is 0.465 e. The Hall–Kier alpha value is -2.23. The maximum absolute atomic E-state index is 12.2. The first-order valence-corrected chi connectivity index (χ1v) is 10.3. The second kappa shape index (κ2) is 9.63. The molecule has 0 atom stereocenters. The first kappa shape index (κ1) is 21.1. The number of methoxy groups -OCH3 is 1. The van der Waals surface area contributed by atoms with E-state index in [1.807, 2.05) is 0 Å². The van der Waals surface area contributed by atoms with Crippen molar-refractivity contribution < 1.29 is 22.7 Å². The number of esters is 1. The first-order valence-electron chi connectivity index (χ1n) is 8.01. The van der Waals surface area contributed by atoms with Crippen molar-refractivity contribution >= 4 is 37.8 Å². The molecule has 2 N–H and O–H groups in total. The molecule has 9 heteroatoms. The fourth-order valence-electron chi connectivity index (χ4n) is 2.18. The van der Waals surface area contributed by atoms with E-state index in [2.05, 4.69) is 30.7 Å². The molecular formula is C18H19BrN2O5S. The third kappa shape index (κ3) is 6.46. The smallest absolute Gasteiger partial charge is 0.337 e. The quantitative estimate of drug-likeness (QED) is 0.595. The van der Waals surface area contributed by atoms with Crippen molar-refractivity contribution in [2.24, 2.45) is 0 Å². The van der Waals surface area contributed by atoms with Crippen molar-refractivity contribution in [3.63, 3.8) is 0 Å². The molecule has 0 fully saturated rings. The Balaban J connectivity index is 1.78. The monoisotopic (exact) mass is 454 g/mol. The lowest BCUT2D eigenvalue weighted by Gasteiger charge is -2.08. The summed E-state index contributed by atoms with van der Waals surface area (Å²) < 4.78 is 32.0. The van der Waals surface area contributed by atoms with Gasteiger partial charge in [-0.05, 0) is 35.9 Å². The highest BCUT2D eigenvalue weighted by molar-refractivity contribution is 9.10. The summed E-state index contributed by atoms with van der Waals surface area (Å²) in [7, 11) is -2.36. The second-order valence-corrected chi connectivity index (χ2v) is 8.25. The van der Waals surface area contributed by atoms with Crippen LogP contribution in [0.3, 0.4) is 0 Å². The molecule has 27 heavy (non-hydrogen) atoms. The lowest BCUT2D eigenvalue weighted by atomic mass is 10.1. The average Bonchev–Trinajstić information content (AvgIpc) is 2.66. The van der Waals surface area contributed by atoms with Crippen molar-refractivity contribution in [2.45, 2.75) is 17.9 Å².